The van der Waals surface area contributed by atoms with Crippen molar-refractivity contribution in [1.29, 1.82) is 0 Å². The SMILES string of the molecule is C=C(C)C(=O)OCc1ccc(C2=C(O)/C(=C3/N=C(C)C(CC)=C3C)C2=O)[nH]1. The molecule has 0 atom stereocenters. The number of nitrogens with one attached hydrogen (secondary N) is 1. The Morgan fingerprint density at radius 1 is 1.30 bits per heavy atom. The monoisotopic (exact) mass is 366 g/mol. The number of aliphatic hydroxyl groups excluding tert-OH is 1. The van der Waals surface area contributed by atoms with Crippen LogP contribution in [0.4, 0.5) is 0 Å². The molecule has 0 unspecified atom stereocenters. The highest BCUT2D eigenvalue weighted by molar-refractivity contribution is 6.39. The van der Waals surface area contributed by atoms with Crippen molar-refractivity contribution in [3.8, 4) is 0 Å². The maximum absolute atomic E-state index is 12.7. The van der Waals surface area contributed by atoms with E-state index in [2.05, 4.69) is 16.6 Å². The molecule has 0 saturated heterocycles. The van der Waals surface area contributed by atoms with Gasteiger partial charge in [0.2, 0.25) is 5.78 Å². The van der Waals surface area contributed by atoms with Gasteiger partial charge >= 0.3 is 5.97 Å². The number of aromatic amines is 1. The number of aromatic nitrogens is 1. The van der Waals surface area contributed by atoms with Gasteiger partial charge in [-0.25, -0.2) is 4.79 Å². The number of aliphatic imine (C=N–C) groups is 1. The Morgan fingerprint density at radius 3 is 2.56 bits per heavy atom. The molecule has 6 heteroatoms. The third kappa shape index (κ3) is 3.07. The molecule has 27 heavy (non-hydrogen) atoms. The predicted octanol–water partition coefficient (Wildman–Crippen LogP) is 3.94. The molecule has 0 saturated carbocycles. The Labute approximate surface area is 157 Å². The molecule has 2 N–H and O–H groups in total. The number of esters is 1. The zero-order valence-electron chi connectivity index (χ0n) is 15.9. The third-order valence-electron chi connectivity index (χ3n) is 4.77. The average Bonchev–Trinajstić information content (AvgIpc) is 3.17. The lowest BCUT2D eigenvalue weighted by Crippen LogP contribution is -2.23. The first-order valence-corrected chi connectivity index (χ1v) is 8.75. The molecule has 0 spiro atoms. The second-order valence-corrected chi connectivity index (χ2v) is 6.68. The maximum atomic E-state index is 12.7. The second-order valence-electron chi connectivity index (χ2n) is 6.68. The van der Waals surface area contributed by atoms with Crippen LogP contribution in [0.5, 0.6) is 0 Å². The van der Waals surface area contributed by atoms with Gasteiger partial charge in [0.15, 0.2) is 0 Å². The summed E-state index contributed by atoms with van der Waals surface area (Å²) in [6, 6.07) is 3.39. The first-order valence-electron chi connectivity index (χ1n) is 8.75. The number of allylic oxidation sites excluding steroid dienone is 4. The molecule has 0 amide bonds. The lowest BCUT2D eigenvalue weighted by molar-refractivity contribution is -0.140. The fourth-order valence-electron chi connectivity index (χ4n) is 3.31. The summed E-state index contributed by atoms with van der Waals surface area (Å²) >= 11 is 0. The van der Waals surface area contributed by atoms with Crippen molar-refractivity contribution in [2.24, 2.45) is 4.99 Å². The minimum atomic E-state index is -0.483. The number of hydrogen-bond acceptors (Lipinski definition) is 5. The van der Waals surface area contributed by atoms with Crippen LogP contribution in [-0.2, 0) is 20.9 Å². The normalized spacial score (nSPS) is 19.4. The van der Waals surface area contributed by atoms with E-state index in [1.54, 1.807) is 19.1 Å². The predicted molar refractivity (Wildman–Crippen MR) is 103 cm³/mol. The molecule has 2 heterocycles. The van der Waals surface area contributed by atoms with Crippen LogP contribution < -0.4 is 0 Å². The Hall–Kier alpha value is -3.15. The Bertz CT molecular complexity index is 999. The highest BCUT2D eigenvalue weighted by atomic mass is 16.5. The number of Topliss-reactive ketones (excluding diaryl/α,β-unsaturated/α-hetero) is 1. The number of carbonyl (C=O) groups is 2. The van der Waals surface area contributed by atoms with Crippen LogP contribution in [0, 0.1) is 0 Å². The van der Waals surface area contributed by atoms with Gasteiger partial charge in [-0.3, -0.25) is 9.79 Å². The van der Waals surface area contributed by atoms with E-state index in [4.69, 9.17) is 4.74 Å². The number of ketones is 1. The Balaban J connectivity index is 1.87. The highest BCUT2D eigenvalue weighted by Crippen LogP contribution is 2.41. The fourth-order valence-corrected chi connectivity index (χ4v) is 3.31. The van der Waals surface area contributed by atoms with Crippen LogP contribution >= 0.6 is 0 Å². The molecule has 1 aromatic heterocycles. The average molecular weight is 366 g/mol. The van der Waals surface area contributed by atoms with Crippen LogP contribution in [0.25, 0.3) is 5.57 Å². The number of aliphatic hydroxyl groups is 1. The smallest absolute Gasteiger partial charge is 0.333 e. The first-order chi connectivity index (χ1) is 12.8. The van der Waals surface area contributed by atoms with E-state index in [9.17, 15) is 14.7 Å². The van der Waals surface area contributed by atoms with Crippen molar-refractivity contribution < 1.29 is 19.4 Å². The zero-order chi connectivity index (χ0) is 19.9. The number of H-pyrrole nitrogens is 1. The molecule has 0 bridgehead atoms. The van der Waals surface area contributed by atoms with Crippen LogP contribution in [0.1, 0.15) is 45.5 Å². The minimum Gasteiger partial charge on any atom is -0.506 e. The molecule has 0 aromatic carbocycles. The van der Waals surface area contributed by atoms with Crippen molar-refractivity contribution >= 4 is 23.0 Å². The summed E-state index contributed by atoms with van der Waals surface area (Å²) in [6.07, 6.45) is 0.826. The topological polar surface area (TPSA) is 91.8 Å². The van der Waals surface area contributed by atoms with Crippen LogP contribution in [0.2, 0.25) is 0 Å². The van der Waals surface area contributed by atoms with Gasteiger partial charge in [0, 0.05) is 11.3 Å². The largest absolute Gasteiger partial charge is 0.506 e. The summed E-state index contributed by atoms with van der Waals surface area (Å²) in [5.74, 6) is -0.790. The van der Waals surface area contributed by atoms with Gasteiger partial charge in [0.25, 0.3) is 0 Å². The summed E-state index contributed by atoms with van der Waals surface area (Å²) in [5, 5.41) is 10.5. The number of hydrogen-bond donors (Lipinski definition) is 2. The number of rotatable bonds is 5. The summed E-state index contributed by atoms with van der Waals surface area (Å²) < 4.78 is 5.07. The second kappa shape index (κ2) is 6.87. The molecule has 6 nitrogen and oxygen atoms in total. The van der Waals surface area contributed by atoms with Crippen LogP contribution in [-0.4, -0.2) is 27.6 Å². The van der Waals surface area contributed by atoms with Crippen molar-refractivity contribution in [2.45, 2.75) is 40.7 Å². The molecule has 1 aliphatic carbocycles. The number of ether oxygens (including phenoxy) is 1. The lowest BCUT2D eigenvalue weighted by atomic mass is 9.83. The summed E-state index contributed by atoms with van der Waals surface area (Å²) in [7, 11) is 0. The molecule has 2 aliphatic rings. The zero-order valence-corrected chi connectivity index (χ0v) is 15.9. The highest BCUT2D eigenvalue weighted by Gasteiger charge is 2.39. The molecular weight excluding hydrogens is 344 g/mol. The van der Waals surface area contributed by atoms with E-state index in [0.717, 1.165) is 23.3 Å². The summed E-state index contributed by atoms with van der Waals surface area (Å²) in [5.41, 5.74) is 5.37. The summed E-state index contributed by atoms with van der Waals surface area (Å²) in [4.78, 5) is 31.6. The van der Waals surface area contributed by atoms with Gasteiger partial charge < -0.3 is 14.8 Å². The van der Waals surface area contributed by atoms with Gasteiger partial charge in [-0.05, 0) is 50.5 Å². The number of carbonyl (C=O) groups excluding carboxylic acids is 2. The molecule has 3 rings (SSSR count). The molecule has 1 aliphatic heterocycles. The van der Waals surface area contributed by atoms with Gasteiger partial charge in [-0.1, -0.05) is 13.5 Å². The van der Waals surface area contributed by atoms with Crippen molar-refractivity contribution in [3.63, 3.8) is 0 Å². The standard InChI is InChI=1S/C21H22N2O4/c1-6-14-11(4)18(22-12(14)5)17-19(24)16(20(17)25)15-8-7-13(23-15)9-27-21(26)10(2)3/h7-8,23-24H,2,6,9H2,1,3-5H3/b18-17-. The van der Waals surface area contributed by atoms with E-state index in [-0.39, 0.29) is 29.3 Å². The molecular formula is C21H22N2O4. The molecule has 0 radical (unpaired) electrons. The minimum absolute atomic E-state index is 0.0348. The van der Waals surface area contributed by atoms with Crippen molar-refractivity contribution in [3.05, 3.63) is 63.8 Å². The number of nitrogens with zero attached hydrogens (tertiary/aromatic N) is 1. The van der Waals surface area contributed by atoms with Crippen LogP contribution in [0.15, 0.2) is 57.5 Å². The van der Waals surface area contributed by atoms with E-state index in [1.165, 1.54) is 0 Å². The van der Waals surface area contributed by atoms with Crippen molar-refractivity contribution in [1.82, 2.24) is 4.98 Å². The molecule has 1 aromatic rings. The van der Waals surface area contributed by atoms with Crippen molar-refractivity contribution in [2.75, 3.05) is 0 Å². The van der Waals surface area contributed by atoms with E-state index in [1.807, 2.05) is 20.8 Å². The molecule has 0 fully saturated rings. The van der Waals surface area contributed by atoms with E-state index < -0.39 is 5.97 Å². The van der Waals surface area contributed by atoms with E-state index in [0.29, 0.717) is 22.7 Å². The van der Waals surface area contributed by atoms with E-state index >= 15 is 0 Å². The fraction of sp³-hybridized carbons (Fsp3) is 0.286. The third-order valence-corrected chi connectivity index (χ3v) is 4.77. The Kier molecular flexibility index (Phi) is 4.74. The maximum Gasteiger partial charge on any atom is 0.333 e. The van der Waals surface area contributed by atoms with Gasteiger partial charge in [0.05, 0.1) is 28.2 Å². The van der Waals surface area contributed by atoms with Gasteiger partial charge in [-0.2, -0.15) is 0 Å². The van der Waals surface area contributed by atoms with Gasteiger partial charge in [-0.15, -0.1) is 0 Å². The van der Waals surface area contributed by atoms with Crippen LogP contribution in [0.3, 0.4) is 0 Å². The quantitative estimate of drug-likeness (QED) is 0.610. The molecule has 140 valence electrons. The Morgan fingerprint density at radius 2 is 2.00 bits per heavy atom. The summed E-state index contributed by atoms with van der Waals surface area (Å²) in [6.45, 7) is 11.0. The lowest BCUT2D eigenvalue weighted by Gasteiger charge is -2.22. The van der Waals surface area contributed by atoms with Gasteiger partial charge in [0.1, 0.15) is 12.4 Å². The first kappa shape index (κ1) is 18.6.